The fourth-order valence-corrected chi connectivity index (χ4v) is 3.03. The molecule has 0 unspecified atom stereocenters. The summed E-state index contributed by atoms with van der Waals surface area (Å²) in [5, 5.41) is 2.03. The number of aromatic nitrogens is 1. The Balaban J connectivity index is 1.94. The van der Waals surface area contributed by atoms with E-state index in [1.807, 2.05) is 30.3 Å². The molecule has 0 amide bonds. The number of carbonyl (C=O) groups excluding carboxylic acids is 1. The van der Waals surface area contributed by atoms with E-state index in [4.69, 9.17) is 4.74 Å². The molecule has 1 heterocycles. The van der Waals surface area contributed by atoms with Gasteiger partial charge >= 0.3 is 0 Å². The number of carbonyl (C=O) groups is 1. The number of hydrogen-bond donors (Lipinski definition) is 0. The van der Waals surface area contributed by atoms with E-state index < -0.39 is 0 Å². The molecule has 1 aromatic carbocycles. The monoisotopic (exact) mass is 297 g/mol. The number of benzene rings is 1. The molecule has 0 saturated heterocycles. The topological polar surface area (TPSA) is 39.2 Å². The maximum Gasteiger partial charge on any atom is 0.222 e. The van der Waals surface area contributed by atoms with Crippen LogP contribution in [0.4, 0.5) is 0 Å². The van der Waals surface area contributed by atoms with Gasteiger partial charge in [-0.1, -0.05) is 31.5 Å². The first kappa shape index (κ1) is 15.0. The summed E-state index contributed by atoms with van der Waals surface area (Å²) in [6, 6.07) is 9.92. The predicted octanol–water partition coefficient (Wildman–Crippen LogP) is 4.93. The number of ketones is 1. The molecule has 116 valence electrons. The molecule has 22 heavy (non-hydrogen) atoms. The molecule has 1 aliphatic carbocycles. The first-order valence-electron chi connectivity index (χ1n) is 8.37. The molecule has 2 aromatic rings. The van der Waals surface area contributed by atoms with Crippen molar-refractivity contribution in [3.05, 3.63) is 36.0 Å². The van der Waals surface area contributed by atoms with Crippen molar-refractivity contribution < 1.29 is 9.53 Å². The highest BCUT2D eigenvalue weighted by Crippen LogP contribution is 2.29. The van der Waals surface area contributed by atoms with Gasteiger partial charge in [0.25, 0.3) is 0 Å². The van der Waals surface area contributed by atoms with Crippen molar-refractivity contribution >= 4 is 16.6 Å². The molecule has 0 aliphatic heterocycles. The van der Waals surface area contributed by atoms with E-state index in [0.29, 0.717) is 18.0 Å². The molecule has 3 nitrogen and oxygen atoms in total. The van der Waals surface area contributed by atoms with Crippen molar-refractivity contribution in [1.29, 1.82) is 0 Å². The molecule has 0 spiro atoms. The summed E-state index contributed by atoms with van der Waals surface area (Å²) < 4.78 is 6.12. The molecular formula is C19H23NO2. The van der Waals surface area contributed by atoms with Crippen molar-refractivity contribution in [2.75, 3.05) is 0 Å². The summed E-state index contributed by atoms with van der Waals surface area (Å²) in [6.07, 6.45) is 7.35. The number of pyridine rings is 1. The van der Waals surface area contributed by atoms with Gasteiger partial charge in [0.05, 0.1) is 0 Å². The largest absolute Gasteiger partial charge is 0.474 e. The minimum absolute atomic E-state index is 0.115. The molecule has 1 aliphatic rings. The van der Waals surface area contributed by atoms with Crippen LogP contribution >= 0.6 is 0 Å². The van der Waals surface area contributed by atoms with Gasteiger partial charge in [0.15, 0.2) is 5.78 Å². The van der Waals surface area contributed by atoms with Crippen LogP contribution in [0.3, 0.4) is 0 Å². The fraction of sp³-hybridized carbons (Fsp3) is 0.474. The highest BCUT2D eigenvalue weighted by molar-refractivity contribution is 5.99. The van der Waals surface area contributed by atoms with Crippen LogP contribution in [0, 0.1) is 0 Å². The Morgan fingerprint density at radius 1 is 1.27 bits per heavy atom. The quantitative estimate of drug-likeness (QED) is 0.710. The SMILES string of the molecule is CCCCC(=O)c1cc2ccccc2c(OC2CCCC2)n1. The number of unbranched alkanes of at least 4 members (excludes halogenated alkanes) is 1. The summed E-state index contributed by atoms with van der Waals surface area (Å²) in [6.45, 7) is 2.09. The molecule has 3 rings (SSSR count). The van der Waals surface area contributed by atoms with Gasteiger partial charge in [-0.25, -0.2) is 4.98 Å². The maximum absolute atomic E-state index is 12.3. The predicted molar refractivity (Wildman–Crippen MR) is 88.5 cm³/mol. The van der Waals surface area contributed by atoms with Crippen LogP contribution in [0.1, 0.15) is 62.4 Å². The summed E-state index contributed by atoms with van der Waals surface area (Å²) in [5.41, 5.74) is 0.542. The van der Waals surface area contributed by atoms with E-state index in [1.54, 1.807) is 0 Å². The van der Waals surface area contributed by atoms with Gasteiger partial charge in [-0.2, -0.15) is 0 Å². The molecule has 1 fully saturated rings. The average molecular weight is 297 g/mol. The van der Waals surface area contributed by atoms with E-state index in [-0.39, 0.29) is 11.9 Å². The zero-order valence-electron chi connectivity index (χ0n) is 13.2. The number of ether oxygens (including phenoxy) is 1. The van der Waals surface area contributed by atoms with Crippen LogP contribution < -0.4 is 4.74 Å². The van der Waals surface area contributed by atoms with Crippen LogP contribution in [0.5, 0.6) is 5.88 Å². The smallest absolute Gasteiger partial charge is 0.222 e. The number of nitrogens with zero attached hydrogens (tertiary/aromatic N) is 1. The summed E-state index contributed by atoms with van der Waals surface area (Å²) >= 11 is 0. The molecule has 0 radical (unpaired) electrons. The average Bonchev–Trinajstić information content (AvgIpc) is 3.05. The zero-order valence-corrected chi connectivity index (χ0v) is 13.2. The zero-order chi connectivity index (χ0) is 15.4. The Morgan fingerprint density at radius 3 is 2.82 bits per heavy atom. The Morgan fingerprint density at radius 2 is 2.05 bits per heavy atom. The lowest BCUT2D eigenvalue weighted by atomic mass is 10.1. The van der Waals surface area contributed by atoms with E-state index in [0.717, 1.165) is 36.5 Å². The van der Waals surface area contributed by atoms with Crippen LogP contribution in [-0.2, 0) is 0 Å². The summed E-state index contributed by atoms with van der Waals surface area (Å²) in [4.78, 5) is 16.9. The van der Waals surface area contributed by atoms with Crippen molar-refractivity contribution in [3.63, 3.8) is 0 Å². The molecule has 1 saturated carbocycles. The molecule has 0 bridgehead atoms. The maximum atomic E-state index is 12.3. The van der Waals surface area contributed by atoms with Gasteiger partial charge in [-0.15, -0.1) is 0 Å². The van der Waals surface area contributed by atoms with Gasteiger partial charge in [0.2, 0.25) is 5.88 Å². The van der Waals surface area contributed by atoms with E-state index in [2.05, 4.69) is 11.9 Å². The first-order valence-corrected chi connectivity index (χ1v) is 8.37. The Kier molecular flexibility index (Phi) is 4.71. The fourth-order valence-electron chi connectivity index (χ4n) is 3.03. The Labute approximate surface area is 131 Å². The van der Waals surface area contributed by atoms with Gasteiger partial charge in [-0.3, -0.25) is 4.79 Å². The van der Waals surface area contributed by atoms with Crippen molar-refractivity contribution in [3.8, 4) is 5.88 Å². The minimum Gasteiger partial charge on any atom is -0.474 e. The number of hydrogen-bond acceptors (Lipinski definition) is 3. The Bertz CT molecular complexity index is 660. The van der Waals surface area contributed by atoms with Crippen LogP contribution in [0.25, 0.3) is 10.8 Å². The third-order valence-corrected chi connectivity index (χ3v) is 4.33. The standard InChI is InChI=1S/C19H23NO2/c1-2-3-12-18(21)17-13-14-8-4-7-11-16(14)19(20-17)22-15-9-5-6-10-15/h4,7-8,11,13,15H,2-3,5-6,9-10,12H2,1H3. The van der Waals surface area contributed by atoms with Gasteiger partial charge in [-0.05, 0) is 49.6 Å². The summed E-state index contributed by atoms with van der Waals surface area (Å²) in [5.74, 6) is 0.744. The van der Waals surface area contributed by atoms with Crippen molar-refractivity contribution in [2.24, 2.45) is 0 Å². The van der Waals surface area contributed by atoms with Crippen LogP contribution in [0.15, 0.2) is 30.3 Å². The second-order valence-corrected chi connectivity index (χ2v) is 6.08. The lowest BCUT2D eigenvalue weighted by Gasteiger charge is -2.15. The van der Waals surface area contributed by atoms with Gasteiger partial charge in [0, 0.05) is 11.8 Å². The minimum atomic E-state index is 0.115. The van der Waals surface area contributed by atoms with Crippen LogP contribution in [0.2, 0.25) is 0 Å². The number of rotatable bonds is 6. The van der Waals surface area contributed by atoms with E-state index in [1.165, 1.54) is 12.8 Å². The highest BCUT2D eigenvalue weighted by atomic mass is 16.5. The van der Waals surface area contributed by atoms with E-state index in [9.17, 15) is 4.79 Å². The lowest BCUT2D eigenvalue weighted by Crippen LogP contribution is -2.13. The van der Waals surface area contributed by atoms with E-state index >= 15 is 0 Å². The van der Waals surface area contributed by atoms with Crippen molar-refractivity contribution in [1.82, 2.24) is 4.98 Å². The molecular weight excluding hydrogens is 274 g/mol. The second-order valence-electron chi connectivity index (χ2n) is 6.08. The van der Waals surface area contributed by atoms with Gasteiger partial charge < -0.3 is 4.74 Å². The highest BCUT2D eigenvalue weighted by Gasteiger charge is 2.19. The molecule has 1 aromatic heterocycles. The third kappa shape index (κ3) is 3.29. The molecule has 0 N–H and O–H groups in total. The normalized spacial score (nSPS) is 15.3. The van der Waals surface area contributed by atoms with Crippen molar-refractivity contribution in [2.45, 2.75) is 58.0 Å². The first-order chi connectivity index (χ1) is 10.8. The Hall–Kier alpha value is -1.90. The summed E-state index contributed by atoms with van der Waals surface area (Å²) in [7, 11) is 0. The number of Topliss-reactive ketones (excluding diaryl/α,β-unsaturated/α-hetero) is 1. The molecule has 0 atom stereocenters. The lowest BCUT2D eigenvalue weighted by molar-refractivity contribution is 0.0973. The molecule has 3 heteroatoms. The number of fused-ring (bicyclic) bond motifs is 1. The second kappa shape index (κ2) is 6.91. The van der Waals surface area contributed by atoms with Crippen LogP contribution in [-0.4, -0.2) is 16.9 Å². The van der Waals surface area contributed by atoms with Gasteiger partial charge in [0.1, 0.15) is 11.8 Å². The third-order valence-electron chi connectivity index (χ3n) is 4.33.